The largest absolute Gasteiger partial charge is 0.299 e. The highest BCUT2D eigenvalue weighted by molar-refractivity contribution is 7.07. The Kier molecular flexibility index (Phi) is 2.71. The molecule has 0 atom stereocenters. The number of aryl methyl sites for hydroxylation is 2. The van der Waals surface area contributed by atoms with Crippen molar-refractivity contribution in [2.24, 2.45) is 0 Å². The van der Waals surface area contributed by atoms with Gasteiger partial charge in [-0.05, 0) is 31.0 Å². The van der Waals surface area contributed by atoms with Gasteiger partial charge in [0.25, 0.3) is 11.7 Å². The monoisotopic (exact) mass is 272 g/mol. The van der Waals surface area contributed by atoms with Gasteiger partial charge in [-0.2, -0.15) is 0 Å². The Balaban J connectivity index is 2.09. The molecule has 96 valence electrons. The Labute approximate surface area is 114 Å². The molecular weight excluding hydrogens is 260 g/mol. The molecule has 0 fully saturated rings. The van der Waals surface area contributed by atoms with Crippen molar-refractivity contribution in [3.63, 3.8) is 0 Å². The molecular formula is C14H12N2O2S. The zero-order valence-electron chi connectivity index (χ0n) is 10.6. The standard InChI is InChI=1S/C14H12N2O2S/c1-8-3-9(2)12-11(4-8)13(17)14(18)16(12)5-10-6-19-7-15-10/h3-4,6-7H,5H2,1-2H3. The summed E-state index contributed by atoms with van der Waals surface area (Å²) in [6.45, 7) is 4.20. The lowest BCUT2D eigenvalue weighted by atomic mass is 10.0. The van der Waals surface area contributed by atoms with E-state index >= 15 is 0 Å². The predicted molar refractivity (Wildman–Crippen MR) is 73.6 cm³/mol. The highest BCUT2D eigenvalue weighted by atomic mass is 32.1. The number of amides is 1. The average Bonchev–Trinajstić information content (AvgIpc) is 2.93. The number of rotatable bonds is 2. The maximum Gasteiger partial charge on any atom is 0.299 e. The second-order valence-corrected chi connectivity index (χ2v) is 5.40. The molecule has 0 bridgehead atoms. The van der Waals surface area contributed by atoms with Crippen LogP contribution in [0.3, 0.4) is 0 Å². The van der Waals surface area contributed by atoms with E-state index in [2.05, 4.69) is 4.98 Å². The Bertz CT molecular complexity index is 677. The minimum atomic E-state index is -0.461. The second kappa shape index (κ2) is 4.28. The van der Waals surface area contributed by atoms with E-state index in [4.69, 9.17) is 0 Å². The molecule has 1 aliphatic heterocycles. The van der Waals surface area contributed by atoms with Crippen LogP contribution in [0.2, 0.25) is 0 Å². The lowest BCUT2D eigenvalue weighted by Crippen LogP contribution is -2.29. The van der Waals surface area contributed by atoms with Crippen molar-refractivity contribution in [3.8, 4) is 0 Å². The molecule has 0 saturated carbocycles. The van der Waals surface area contributed by atoms with Gasteiger partial charge in [0.05, 0.1) is 29.0 Å². The van der Waals surface area contributed by atoms with Gasteiger partial charge < -0.3 is 0 Å². The number of carbonyl (C=O) groups excluding carboxylic acids is 2. The zero-order chi connectivity index (χ0) is 13.6. The molecule has 0 spiro atoms. The van der Waals surface area contributed by atoms with Crippen LogP contribution in [0.1, 0.15) is 27.2 Å². The van der Waals surface area contributed by atoms with Crippen LogP contribution >= 0.6 is 11.3 Å². The molecule has 2 heterocycles. The van der Waals surface area contributed by atoms with Crippen molar-refractivity contribution in [1.29, 1.82) is 0 Å². The summed E-state index contributed by atoms with van der Waals surface area (Å²) < 4.78 is 0. The van der Waals surface area contributed by atoms with Crippen LogP contribution in [-0.2, 0) is 11.3 Å². The number of nitrogens with zero attached hydrogens (tertiary/aromatic N) is 2. The van der Waals surface area contributed by atoms with Crippen LogP contribution < -0.4 is 4.90 Å². The summed E-state index contributed by atoms with van der Waals surface area (Å²) in [6, 6.07) is 3.77. The van der Waals surface area contributed by atoms with Gasteiger partial charge in [0.1, 0.15) is 0 Å². The van der Waals surface area contributed by atoms with Gasteiger partial charge in [-0.25, -0.2) is 4.98 Å². The first kappa shape index (κ1) is 12.0. The molecule has 4 nitrogen and oxygen atoms in total. The average molecular weight is 272 g/mol. The molecule has 19 heavy (non-hydrogen) atoms. The zero-order valence-corrected chi connectivity index (χ0v) is 11.5. The minimum absolute atomic E-state index is 0.352. The van der Waals surface area contributed by atoms with E-state index in [0.717, 1.165) is 22.5 Å². The Morgan fingerprint density at radius 1 is 1.26 bits per heavy atom. The number of carbonyl (C=O) groups is 2. The van der Waals surface area contributed by atoms with E-state index in [1.165, 1.54) is 16.2 Å². The van der Waals surface area contributed by atoms with Crippen molar-refractivity contribution in [2.75, 3.05) is 4.90 Å². The fourth-order valence-corrected chi connectivity index (χ4v) is 3.01. The minimum Gasteiger partial charge on any atom is -0.298 e. The number of benzene rings is 1. The van der Waals surface area contributed by atoms with E-state index < -0.39 is 11.7 Å². The fourth-order valence-electron chi connectivity index (χ4n) is 2.46. The molecule has 0 aliphatic carbocycles. The van der Waals surface area contributed by atoms with Crippen molar-refractivity contribution in [2.45, 2.75) is 20.4 Å². The maximum absolute atomic E-state index is 12.1. The third-order valence-corrected chi connectivity index (χ3v) is 3.84. The molecule has 2 aromatic rings. The first-order valence-corrected chi connectivity index (χ1v) is 6.86. The van der Waals surface area contributed by atoms with E-state index in [1.54, 1.807) is 11.6 Å². The topological polar surface area (TPSA) is 50.3 Å². The van der Waals surface area contributed by atoms with Gasteiger partial charge in [0, 0.05) is 5.38 Å². The molecule has 0 unspecified atom stereocenters. The van der Waals surface area contributed by atoms with Gasteiger partial charge in [0.15, 0.2) is 0 Å². The Morgan fingerprint density at radius 3 is 2.74 bits per heavy atom. The molecule has 0 saturated heterocycles. The number of ketones is 1. The summed E-state index contributed by atoms with van der Waals surface area (Å²) in [5, 5.41) is 1.89. The highest BCUT2D eigenvalue weighted by Gasteiger charge is 2.37. The summed E-state index contributed by atoms with van der Waals surface area (Å²) in [5.41, 5.74) is 5.71. The third-order valence-electron chi connectivity index (χ3n) is 3.20. The maximum atomic E-state index is 12.1. The fraction of sp³-hybridized carbons (Fsp3) is 0.214. The molecule has 0 N–H and O–H groups in total. The summed E-state index contributed by atoms with van der Waals surface area (Å²) in [7, 11) is 0. The van der Waals surface area contributed by atoms with Gasteiger partial charge in [-0.1, -0.05) is 6.07 Å². The first-order chi connectivity index (χ1) is 9.08. The van der Waals surface area contributed by atoms with Crippen LogP contribution in [0.5, 0.6) is 0 Å². The normalized spacial score (nSPS) is 14.1. The quantitative estimate of drug-likeness (QED) is 0.789. The number of thiazole rings is 1. The lowest BCUT2D eigenvalue weighted by molar-refractivity contribution is -0.114. The molecule has 5 heteroatoms. The number of Topliss-reactive ketones (excluding diaryl/α,β-unsaturated/α-hetero) is 1. The molecule has 1 aromatic heterocycles. The van der Waals surface area contributed by atoms with Gasteiger partial charge in [0.2, 0.25) is 0 Å². The molecule has 3 rings (SSSR count). The third kappa shape index (κ3) is 1.86. The second-order valence-electron chi connectivity index (χ2n) is 4.68. The molecule has 1 amide bonds. The number of hydrogen-bond acceptors (Lipinski definition) is 4. The smallest absolute Gasteiger partial charge is 0.298 e. The molecule has 1 aliphatic rings. The predicted octanol–water partition coefficient (Wildman–Crippen LogP) is 2.49. The van der Waals surface area contributed by atoms with Crippen LogP contribution in [0.25, 0.3) is 0 Å². The van der Waals surface area contributed by atoms with Gasteiger partial charge in [-0.15, -0.1) is 11.3 Å². The number of aromatic nitrogens is 1. The SMILES string of the molecule is Cc1cc(C)c2c(c1)C(=O)C(=O)N2Cc1cscn1. The van der Waals surface area contributed by atoms with E-state index in [0.29, 0.717) is 12.1 Å². The lowest BCUT2D eigenvalue weighted by Gasteiger charge is -2.17. The Hall–Kier alpha value is -2.01. The van der Waals surface area contributed by atoms with Crippen LogP contribution in [0, 0.1) is 13.8 Å². The highest BCUT2D eigenvalue weighted by Crippen LogP contribution is 2.34. The molecule has 0 radical (unpaired) electrons. The number of anilines is 1. The van der Waals surface area contributed by atoms with Gasteiger partial charge in [-0.3, -0.25) is 14.5 Å². The van der Waals surface area contributed by atoms with Crippen molar-refractivity contribution < 1.29 is 9.59 Å². The summed E-state index contributed by atoms with van der Waals surface area (Å²) >= 11 is 1.48. The van der Waals surface area contributed by atoms with E-state index in [9.17, 15) is 9.59 Å². The Morgan fingerprint density at radius 2 is 2.05 bits per heavy atom. The summed E-state index contributed by atoms with van der Waals surface area (Å²) in [4.78, 5) is 29.8. The van der Waals surface area contributed by atoms with Crippen LogP contribution in [0.15, 0.2) is 23.0 Å². The summed E-state index contributed by atoms with van der Waals surface area (Å²) in [5.74, 6) is -0.881. The van der Waals surface area contributed by atoms with Crippen molar-refractivity contribution in [3.05, 3.63) is 45.4 Å². The number of hydrogen-bond donors (Lipinski definition) is 0. The first-order valence-electron chi connectivity index (χ1n) is 5.92. The number of fused-ring (bicyclic) bond motifs is 1. The van der Waals surface area contributed by atoms with Crippen molar-refractivity contribution >= 4 is 28.7 Å². The van der Waals surface area contributed by atoms with Crippen LogP contribution in [-0.4, -0.2) is 16.7 Å². The van der Waals surface area contributed by atoms with Crippen LogP contribution in [0.4, 0.5) is 5.69 Å². The van der Waals surface area contributed by atoms with E-state index in [1.807, 2.05) is 25.3 Å². The summed E-state index contributed by atoms with van der Waals surface area (Å²) in [6.07, 6.45) is 0. The molecule has 1 aromatic carbocycles. The van der Waals surface area contributed by atoms with Gasteiger partial charge >= 0.3 is 0 Å². The van der Waals surface area contributed by atoms with E-state index in [-0.39, 0.29) is 0 Å². The van der Waals surface area contributed by atoms with Crippen molar-refractivity contribution in [1.82, 2.24) is 4.98 Å².